The molecule has 12 rings (SSSR count). The molecule has 3 heterocycles. The first-order valence-corrected chi connectivity index (χ1v) is 21.6. The van der Waals surface area contributed by atoms with Gasteiger partial charge in [0.2, 0.25) is 0 Å². The van der Waals surface area contributed by atoms with Crippen molar-refractivity contribution in [1.29, 1.82) is 5.26 Å². The van der Waals surface area contributed by atoms with Crippen LogP contribution in [-0.4, -0.2) is 14.1 Å². The quantitative estimate of drug-likeness (QED) is 0.161. The zero-order chi connectivity index (χ0) is 42.6. The summed E-state index contributed by atoms with van der Waals surface area (Å²) >= 11 is 0. The second kappa shape index (κ2) is 15.3. The highest BCUT2D eigenvalue weighted by Gasteiger charge is 2.22. The molecule has 0 aliphatic heterocycles. The molecule has 64 heavy (non-hydrogen) atoms. The van der Waals surface area contributed by atoms with Gasteiger partial charge < -0.3 is 9.13 Å². The van der Waals surface area contributed by atoms with Crippen LogP contribution in [0.4, 0.5) is 0 Å². The molecular weight excluding hydrogens is 777 g/mol. The van der Waals surface area contributed by atoms with Gasteiger partial charge in [0.25, 0.3) is 0 Å². The van der Waals surface area contributed by atoms with Gasteiger partial charge in [0.05, 0.1) is 51.3 Å². The number of fused-ring (bicyclic) bond motifs is 6. The van der Waals surface area contributed by atoms with E-state index < -0.39 is 0 Å². The molecule has 298 valence electrons. The minimum absolute atomic E-state index is 0.588. The Kier molecular flexibility index (Phi) is 8.84. The summed E-state index contributed by atoms with van der Waals surface area (Å²) in [7, 11) is 0. The van der Waals surface area contributed by atoms with Gasteiger partial charge in [-0.25, -0.2) is 0 Å². The lowest BCUT2D eigenvalue weighted by Crippen LogP contribution is -2.02. The SMILES string of the molecule is N#Cc1ccc(-c2ccncc2-n2c3ccc(-c4ccccc4)cc3c3cc(-c4ccccc4)ccc32)c(-n2c3ccc(-c4ccccc4)cc3c3cc(-c4ccccc4)ccc32)c1. The van der Waals surface area contributed by atoms with E-state index in [2.05, 4.69) is 221 Å². The molecule has 9 aromatic carbocycles. The third-order valence-corrected chi connectivity index (χ3v) is 12.7. The van der Waals surface area contributed by atoms with Crippen molar-refractivity contribution >= 4 is 43.6 Å². The fourth-order valence-electron chi connectivity index (χ4n) is 9.61. The molecule has 0 bridgehead atoms. The molecule has 0 N–H and O–H groups in total. The second-order valence-corrected chi connectivity index (χ2v) is 16.3. The summed E-state index contributed by atoms with van der Waals surface area (Å²) in [6.07, 6.45) is 3.86. The minimum Gasteiger partial charge on any atom is -0.309 e. The number of hydrogen-bond donors (Lipinski definition) is 0. The Bertz CT molecular complexity index is 3570. The lowest BCUT2D eigenvalue weighted by molar-refractivity contribution is 1.13. The van der Waals surface area contributed by atoms with Crippen LogP contribution in [0.1, 0.15) is 5.56 Å². The van der Waals surface area contributed by atoms with Crippen molar-refractivity contribution in [2.45, 2.75) is 0 Å². The highest BCUT2D eigenvalue weighted by Crippen LogP contribution is 2.43. The molecular formula is C60H38N4. The predicted octanol–water partition coefficient (Wildman–Crippen LogP) is 15.5. The van der Waals surface area contributed by atoms with E-state index in [1.165, 1.54) is 11.1 Å². The Hall–Kier alpha value is -8.78. The molecule has 0 amide bonds. The van der Waals surface area contributed by atoms with Crippen LogP contribution in [0.3, 0.4) is 0 Å². The van der Waals surface area contributed by atoms with Gasteiger partial charge in [0.15, 0.2) is 0 Å². The average Bonchev–Trinajstić information content (AvgIpc) is 3.88. The Morgan fingerprint density at radius 2 is 0.688 bits per heavy atom. The van der Waals surface area contributed by atoms with Crippen molar-refractivity contribution in [3.63, 3.8) is 0 Å². The number of pyridine rings is 1. The summed E-state index contributed by atoms with van der Waals surface area (Å²) < 4.78 is 4.71. The third kappa shape index (κ3) is 6.18. The largest absolute Gasteiger partial charge is 0.309 e. The number of aromatic nitrogens is 3. The Morgan fingerprint density at radius 3 is 1.06 bits per heavy atom. The van der Waals surface area contributed by atoms with Crippen molar-refractivity contribution in [2.75, 3.05) is 0 Å². The molecule has 0 atom stereocenters. The van der Waals surface area contributed by atoms with E-state index in [0.29, 0.717) is 5.56 Å². The number of nitrogens with zero attached hydrogens (tertiary/aromatic N) is 4. The van der Waals surface area contributed by atoms with E-state index in [1.807, 2.05) is 24.5 Å². The molecule has 0 saturated heterocycles. The molecule has 3 aromatic heterocycles. The maximum absolute atomic E-state index is 10.5. The zero-order valence-electron chi connectivity index (χ0n) is 34.7. The summed E-state index contributed by atoms with van der Waals surface area (Å²) in [6, 6.07) is 80.0. The molecule has 12 aromatic rings. The normalized spacial score (nSPS) is 11.4. The van der Waals surface area contributed by atoms with Crippen molar-refractivity contribution in [3.8, 4) is 73.1 Å². The van der Waals surface area contributed by atoms with Crippen LogP contribution in [-0.2, 0) is 0 Å². The molecule has 0 radical (unpaired) electrons. The summed E-state index contributed by atoms with van der Waals surface area (Å²) in [5, 5.41) is 15.1. The first-order valence-electron chi connectivity index (χ1n) is 21.6. The monoisotopic (exact) mass is 814 g/mol. The lowest BCUT2D eigenvalue weighted by atomic mass is 10.00. The number of rotatable bonds is 7. The van der Waals surface area contributed by atoms with E-state index >= 15 is 0 Å². The van der Waals surface area contributed by atoms with E-state index in [1.54, 1.807) is 0 Å². The van der Waals surface area contributed by atoms with Crippen molar-refractivity contribution in [3.05, 3.63) is 236 Å². The van der Waals surface area contributed by atoms with E-state index in [4.69, 9.17) is 4.98 Å². The maximum Gasteiger partial charge on any atom is 0.0992 e. The molecule has 0 spiro atoms. The molecule has 0 aliphatic rings. The highest BCUT2D eigenvalue weighted by atomic mass is 15.0. The zero-order valence-corrected chi connectivity index (χ0v) is 34.7. The fraction of sp³-hybridized carbons (Fsp3) is 0. The number of benzene rings is 9. The second-order valence-electron chi connectivity index (χ2n) is 16.3. The molecule has 4 heteroatoms. The van der Waals surface area contributed by atoms with Gasteiger partial charge in [-0.3, -0.25) is 4.98 Å². The first-order chi connectivity index (χ1) is 31.7. The maximum atomic E-state index is 10.5. The Morgan fingerprint density at radius 1 is 0.328 bits per heavy atom. The summed E-state index contributed by atoms with van der Waals surface area (Å²) in [5.41, 5.74) is 18.0. The minimum atomic E-state index is 0.588. The van der Waals surface area contributed by atoms with Crippen molar-refractivity contribution in [1.82, 2.24) is 14.1 Å². The predicted molar refractivity (Wildman–Crippen MR) is 265 cm³/mol. The number of nitriles is 1. The standard InChI is InChI=1S/C60H38N4/c61-38-40-21-26-49(59(33-40)63-55-27-22-45(41-13-5-1-6-14-41)34-51(55)52-35-46(23-28-56(52)63)42-15-7-2-8-16-42)50-31-32-62-39-60(50)64-57-29-24-47(43-17-9-3-10-18-43)36-53(57)54-37-48(25-30-58(54)64)44-19-11-4-12-20-44/h1-37,39H. The smallest absolute Gasteiger partial charge is 0.0992 e. The summed E-state index contributed by atoms with van der Waals surface area (Å²) in [6.45, 7) is 0. The van der Waals surface area contributed by atoms with Crippen LogP contribution in [0, 0.1) is 11.3 Å². The van der Waals surface area contributed by atoms with Gasteiger partial charge >= 0.3 is 0 Å². The van der Waals surface area contributed by atoms with Gasteiger partial charge in [0, 0.05) is 38.9 Å². The van der Waals surface area contributed by atoms with Crippen LogP contribution in [0.5, 0.6) is 0 Å². The van der Waals surface area contributed by atoms with Crippen LogP contribution >= 0.6 is 0 Å². The molecule has 0 unspecified atom stereocenters. The van der Waals surface area contributed by atoms with Gasteiger partial charge in [0.1, 0.15) is 0 Å². The van der Waals surface area contributed by atoms with Crippen molar-refractivity contribution in [2.24, 2.45) is 0 Å². The van der Waals surface area contributed by atoms with Crippen LogP contribution in [0.15, 0.2) is 231 Å². The lowest BCUT2D eigenvalue weighted by Gasteiger charge is -2.18. The highest BCUT2D eigenvalue weighted by molar-refractivity contribution is 6.14. The summed E-state index contributed by atoms with van der Waals surface area (Å²) in [5.74, 6) is 0. The van der Waals surface area contributed by atoms with E-state index in [9.17, 15) is 5.26 Å². The molecule has 0 aliphatic carbocycles. The summed E-state index contributed by atoms with van der Waals surface area (Å²) in [4.78, 5) is 4.79. The third-order valence-electron chi connectivity index (χ3n) is 12.7. The Labute approximate surface area is 370 Å². The Balaban J connectivity index is 1.12. The molecule has 0 saturated carbocycles. The fourth-order valence-corrected chi connectivity index (χ4v) is 9.61. The van der Waals surface area contributed by atoms with Gasteiger partial charge in [-0.15, -0.1) is 0 Å². The van der Waals surface area contributed by atoms with Crippen LogP contribution < -0.4 is 0 Å². The topological polar surface area (TPSA) is 46.5 Å². The van der Waals surface area contributed by atoms with E-state index in [0.717, 1.165) is 99.5 Å². The molecule has 4 nitrogen and oxygen atoms in total. The van der Waals surface area contributed by atoms with Crippen LogP contribution in [0.2, 0.25) is 0 Å². The molecule has 0 fully saturated rings. The van der Waals surface area contributed by atoms with Gasteiger partial charge in [-0.1, -0.05) is 152 Å². The van der Waals surface area contributed by atoms with Crippen molar-refractivity contribution < 1.29 is 0 Å². The van der Waals surface area contributed by atoms with Gasteiger partial charge in [-0.05, 0) is 111 Å². The van der Waals surface area contributed by atoms with Crippen LogP contribution in [0.25, 0.3) is 111 Å². The van der Waals surface area contributed by atoms with Gasteiger partial charge in [-0.2, -0.15) is 5.26 Å². The van der Waals surface area contributed by atoms with E-state index in [-0.39, 0.29) is 0 Å². The number of hydrogen-bond acceptors (Lipinski definition) is 2. The first kappa shape index (κ1) is 37.0. The average molecular weight is 815 g/mol.